The van der Waals surface area contributed by atoms with Gasteiger partial charge < -0.3 is 10.0 Å². The average molecular weight is 292 g/mol. The van der Waals surface area contributed by atoms with Crippen molar-refractivity contribution in [1.82, 2.24) is 4.90 Å². The molecule has 0 spiro atoms. The lowest BCUT2D eigenvalue weighted by Gasteiger charge is -2.24. The fourth-order valence-corrected chi connectivity index (χ4v) is 2.89. The van der Waals surface area contributed by atoms with E-state index in [2.05, 4.69) is 0 Å². The van der Waals surface area contributed by atoms with Gasteiger partial charge >= 0.3 is 0 Å². The molecule has 6 nitrogen and oxygen atoms in total. The van der Waals surface area contributed by atoms with E-state index in [4.69, 9.17) is 5.11 Å². The summed E-state index contributed by atoms with van der Waals surface area (Å²) in [5, 5.41) is 19.8. The van der Waals surface area contributed by atoms with Crippen molar-refractivity contribution in [2.45, 2.75) is 38.6 Å². The SMILES string of the molecule is Cc1cc(C(=O)N2CCCC2CCCO)cc([N+](=O)[O-])c1. The van der Waals surface area contributed by atoms with Crippen LogP contribution in [0.3, 0.4) is 0 Å². The Morgan fingerprint density at radius 1 is 1.48 bits per heavy atom. The summed E-state index contributed by atoms with van der Waals surface area (Å²) in [5.74, 6) is -0.151. The molecule has 0 saturated carbocycles. The van der Waals surface area contributed by atoms with Gasteiger partial charge in [0.05, 0.1) is 4.92 Å². The number of aryl methyl sites for hydroxylation is 1. The first-order valence-corrected chi connectivity index (χ1v) is 7.21. The van der Waals surface area contributed by atoms with E-state index >= 15 is 0 Å². The molecule has 0 bridgehead atoms. The fourth-order valence-electron chi connectivity index (χ4n) is 2.89. The van der Waals surface area contributed by atoms with Crippen molar-refractivity contribution in [2.24, 2.45) is 0 Å². The maximum Gasteiger partial charge on any atom is 0.270 e. The van der Waals surface area contributed by atoms with Gasteiger partial charge in [0, 0.05) is 36.9 Å². The molecule has 1 aliphatic heterocycles. The second-order valence-corrected chi connectivity index (χ2v) is 5.47. The van der Waals surface area contributed by atoms with Gasteiger partial charge in [0.15, 0.2) is 0 Å². The summed E-state index contributed by atoms with van der Waals surface area (Å²) in [5.41, 5.74) is 1.03. The van der Waals surface area contributed by atoms with E-state index in [-0.39, 0.29) is 24.2 Å². The number of amides is 1. The number of aliphatic hydroxyl groups excluding tert-OH is 1. The number of likely N-dealkylation sites (tertiary alicyclic amines) is 1. The van der Waals surface area contributed by atoms with E-state index in [0.29, 0.717) is 24.1 Å². The predicted octanol–water partition coefficient (Wildman–Crippen LogP) is 2.28. The van der Waals surface area contributed by atoms with Gasteiger partial charge in [0.1, 0.15) is 0 Å². The Balaban J connectivity index is 2.21. The number of carbonyl (C=O) groups excluding carboxylic acids is 1. The van der Waals surface area contributed by atoms with Crippen molar-refractivity contribution in [1.29, 1.82) is 0 Å². The molecular weight excluding hydrogens is 272 g/mol. The minimum Gasteiger partial charge on any atom is -0.396 e. The molecule has 1 unspecified atom stereocenters. The van der Waals surface area contributed by atoms with Crippen molar-refractivity contribution >= 4 is 11.6 Å². The van der Waals surface area contributed by atoms with Gasteiger partial charge in [-0.1, -0.05) is 0 Å². The van der Waals surface area contributed by atoms with Crippen LogP contribution in [-0.2, 0) is 0 Å². The van der Waals surface area contributed by atoms with E-state index in [1.807, 2.05) is 0 Å². The van der Waals surface area contributed by atoms with Crippen LogP contribution < -0.4 is 0 Å². The molecule has 1 heterocycles. The molecule has 1 atom stereocenters. The first kappa shape index (κ1) is 15.4. The summed E-state index contributed by atoms with van der Waals surface area (Å²) in [7, 11) is 0. The third-order valence-electron chi connectivity index (χ3n) is 3.85. The number of nitrogens with zero attached hydrogens (tertiary/aromatic N) is 2. The van der Waals surface area contributed by atoms with E-state index in [1.165, 1.54) is 12.1 Å². The number of nitro groups is 1. The van der Waals surface area contributed by atoms with E-state index < -0.39 is 4.92 Å². The van der Waals surface area contributed by atoms with Crippen LogP contribution in [0.25, 0.3) is 0 Å². The molecule has 2 rings (SSSR count). The molecule has 1 aliphatic rings. The zero-order chi connectivity index (χ0) is 15.4. The fraction of sp³-hybridized carbons (Fsp3) is 0.533. The maximum atomic E-state index is 12.6. The molecule has 114 valence electrons. The second-order valence-electron chi connectivity index (χ2n) is 5.47. The highest BCUT2D eigenvalue weighted by Gasteiger charge is 2.29. The van der Waals surface area contributed by atoms with Crippen LogP contribution in [0.4, 0.5) is 5.69 Å². The zero-order valence-electron chi connectivity index (χ0n) is 12.1. The van der Waals surface area contributed by atoms with Crippen molar-refractivity contribution < 1.29 is 14.8 Å². The molecule has 1 aromatic carbocycles. The molecule has 6 heteroatoms. The van der Waals surface area contributed by atoms with Crippen molar-refractivity contribution in [3.05, 3.63) is 39.4 Å². The highest BCUT2D eigenvalue weighted by molar-refractivity contribution is 5.95. The lowest BCUT2D eigenvalue weighted by Crippen LogP contribution is -2.35. The Hall–Kier alpha value is -1.95. The molecular formula is C15H20N2O4. The number of non-ortho nitro benzene ring substituents is 1. The summed E-state index contributed by atoms with van der Waals surface area (Å²) >= 11 is 0. The topological polar surface area (TPSA) is 83.7 Å². The van der Waals surface area contributed by atoms with E-state index in [0.717, 1.165) is 19.3 Å². The summed E-state index contributed by atoms with van der Waals surface area (Å²) < 4.78 is 0. The zero-order valence-corrected chi connectivity index (χ0v) is 12.1. The Labute approximate surface area is 123 Å². The molecule has 1 amide bonds. The smallest absolute Gasteiger partial charge is 0.270 e. The monoisotopic (exact) mass is 292 g/mol. The highest BCUT2D eigenvalue weighted by atomic mass is 16.6. The largest absolute Gasteiger partial charge is 0.396 e. The summed E-state index contributed by atoms with van der Waals surface area (Å²) in [4.78, 5) is 24.8. The van der Waals surface area contributed by atoms with Crippen LogP contribution in [0.1, 0.15) is 41.6 Å². The summed E-state index contributed by atoms with van der Waals surface area (Å²) in [6.45, 7) is 2.54. The van der Waals surface area contributed by atoms with Crippen molar-refractivity contribution in [3.8, 4) is 0 Å². The molecule has 1 N–H and O–H groups in total. The quantitative estimate of drug-likeness (QED) is 0.666. The first-order chi connectivity index (χ1) is 10.0. The van der Waals surface area contributed by atoms with Gasteiger partial charge in [0.2, 0.25) is 0 Å². The number of carbonyl (C=O) groups is 1. The molecule has 1 aromatic rings. The van der Waals surface area contributed by atoms with Crippen molar-refractivity contribution in [3.63, 3.8) is 0 Å². The highest BCUT2D eigenvalue weighted by Crippen LogP contribution is 2.25. The van der Waals surface area contributed by atoms with Gasteiger partial charge in [-0.25, -0.2) is 0 Å². The molecule has 21 heavy (non-hydrogen) atoms. The van der Waals surface area contributed by atoms with Gasteiger partial charge in [-0.2, -0.15) is 0 Å². The van der Waals surface area contributed by atoms with Gasteiger partial charge in [-0.05, 0) is 44.2 Å². The lowest BCUT2D eigenvalue weighted by atomic mass is 10.1. The van der Waals surface area contributed by atoms with Crippen LogP contribution in [0.2, 0.25) is 0 Å². The molecule has 1 fully saturated rings. The number of nitro benzene ring substituents is 1. The van der Waals surface area contributed by atoms with Crippen molar-refractivity contribution in [2.75, 3.05) is 13.2 Å². The van der Waals surface area contributed by atoms with Gasteiger partial charge in [-0.15, -0.1) is 0 Å². The van der Waals surface area contributed by atoms with Crippen LogP contribution in [0, 0.1) is 17.0 Å². The Morgan fingerprint density at radius 3 is 2.90 bits per heavy atom. The third-order valence-corrected chi connectivity index (χ3v) is 3.85. The third kappa shape index (κ3) is 3.58. The molecule has 0 aliphatic carbocycles. The molecule has 1 saturated heterocycles. The van der Waals surface area contributed by atoms with Crippen LogP contribution in [-0.4, -0.2) is 40.0 Å². The van der Waals surface area contributed by atoms with Crippen LogP contribution in [0.15, 0.2) is 18.2 Å². The maximum absolute atomic E-state index is 12.6. The normalized spacial score (nSPS) is 18.0. The standard InChI is InChI=1S/C15H20N2O4/c1-11-8-12(10-14(9-11)17(20)21)15(19)16-6-2-4-13(16)5-3-7-18/h8-10,13,18H,2-7H2,1H3. The number of hydrogen-bond donors (Lipinski definition) is 1. The van der Waals surface area contributed by atoms with E-state index in [9.17, 15) is 14.9 Å². The van der Waals surface area contributed by atoms with Crippen LogP contribution in [0.5, 0.6) is 0 Å². The predicted molar refractivity (Wildman–Crippen MR) is 78.2 cm³/mol. The molecule has 0 aromatic heterocycles. The number of hydrogen-bond acceptors (Lipinski definition) is 4. The number of benzene rings is 1. The minimum absolute atomic E-state index is 0.0514. The molecule has 0 radical (unpaired) electrons. The van der Waals surface area contributed by atoms with Crippen LogP contribution >= 0.6 is 0 Å². The Kier molecular flexibility index (Phi) is 4.90. The summed E-state index contributed by atoms with van der Waals surface area (Å²) in [6.07, 6.45) is 3.31. The first-order valence-electron chi connectivity index (χ1n) is 7.21. The minimum atomic E-state index is -0.475. The van der Waals surface area contributed by atoms with Gasteiger partial charge in [-0.3, -0.25) is 14.9 Å². The number of aliphatic hydroxyl groups is 1. The number of rotatable bonds is 5. The average Bonchev–Trinajstić information content (AvgIpc) is 2.91. The van der Waals surface area contributed by atoms with E-state index in [1.54, 1.807) is 17.9 Å². The summed E-state index contributed by atoms with van der Waals surface area (Å²) in [6, 6.07) is 4.63. The van der Waals surface area contributed by atoms with Gasteiger partial charge in [0.25, 0.3) is 11.6 Å². The Morgan fingerprint density at radius 2 is 2.24 bits per heavy atom. The lowest BCUT2D eigenvalue weighted by molar-refractivity contribution is -0.384. The Bertz CT molecular complexity index is 544. The second kappa shape index (κ2) is 6.67.